The summed E-state index contributed by atoms with van der Waals surface area (Å²) in [6.07, 6.45) is 4.69. The summed E-state index contributed by atoms with van der Waals surface area (Å²) < 4.78 is 1.98. The van der Waals surface area contributed by atoms with E-state index in [1.165, 1.54) is 17.7 Å². The number of benzene rings is 2. The Balaban J connectivity index is 1.44. The monoisotopic (exact) mass is 391 g/mol. The van der Waals surface area contributed by atoms with E-state index in [0.29, 0.717) is 17.1 Å². The van der Waals surface area contributed by atoms with Crippen LogP contribution in [0.2, 0.25) is 0 Å². The van der Waals surface area contributed by atoms with Gasteiger partial charge in [0.15, 0.2) is 0 Å². The normalized spacial score (nSPS) is 14.3. The Morgan fingerprint density at radius 2 is 1.97 bits per heavy atom. The number of carbonyl (C=O) groups excluding carboxylic acids is 2. The maximum Gasteiger partial charge on any atom is 0.254 e. The van der Waals surface area contributed by atoms with Gasteiger partial charge in [0, 0.05) is 18.3 Å². The first-order chi connectivity index (χ1) is 14.0. The second-order valence-corrected chi connectivity index (χ2v) is 7.75. The molecule has 0 atom stereocenters. The number of hydrogen-bond acceptors (Lipinski definition) is 4. The average Bonchev–Trinajstić information content (AvgIpc) is 3.36. The molecule has 4 rings (SSSR count). The van der Waals surface area contributed by atoms with E-state index in [1.54, 1.807) is 19.2 Å². The summed E-state index contributed by atoms with van der Waals surface area (Å²) >= 11 is 0. The summed E-state index contributed by atoms with van der Waals surface area (Å²) in [5.41, 5.74) is 3.95. The van der Waals surface area contributed by atoms with Crippen molar-refractivity contribution in [2.24, 2.45) is 0 Å². The van der Waals surface area contributed by atoms with E-state index in [0.717, 1.165) is 29.6 Å². The van der Waals surface area contributed by atoms with Crippen molar-refractivity contribution in [2.75, 3.05) is 18.9 Å². The molecular weight excluding hydrogens is 366 g/mol. The number of amides is 2. The van der Waals surface area contributed by atoms with Crippen molar-refractivity contribution in [1.82, 2.24) is 19.9 Å². The van der Waals surface area contributed by atoms with Crippen LogP contribution in [-0.4, -0.2) is 45.3 Å². The van der Waals surface area contributed by atoms with Crippen molar-refractivity contribution in [3.63, 3.8) is 0 Å². The smallest absolute Gasteiger partial charge is 0.254 e. The SMILES string of the molecule is Cc1cccc(NC(=O)CN(C)C(=O)c2ccc3c(c2)nnn3C2CCCC2)c1. The summed E-state index contributed by atoms with van der Waals surface area (Å²) in [4.78, 5) is 26.5. The molecule has 0 unspecified atom stereocenters. The zero-order valence-electron chi connectivity index (χ0n) is 16.8. The maximum absolute atomic E-state index is 12.8. The van der Waals surface area contributed by atoms with Gasteiger partial charge in [-0.15, -0.1) is 5.10 Å². The minimum atomic E-state index is -0.236. The van der Waals surface area contributed by atoms with Crippen molar-refractivity contribution in [1.29, 1.82) is 0 Å². The van der Waals surface area contributed by atoms with Gasteiger partial charge in [-0.05, 0) is 55.7 Å². The van der Waals surface area contributed by atoms with Crippen molar-refractivity contribution in [2.45, 2.75) is 38.6 Å². The molecule has 1 N–H and O–H groups in total. The molecule has 0 saturated heterocycles. The summed E-state index contributed by atoms with van der Waals surface area (Å²) in [6.45, 7) is 1.93. The minimum Gasteiger partial charge on any atom is -0.332 e. The molecule has 2 amide bonds. The Bertz CT molecular complexity index is 1050. The van der Waals surface area contributed by atoms with Crippen LogP contribution < -0.4 is 5.32 Å². The molecule has 1 aromatic heterocycles. The fourth-order valence-electron chi connectivity index (χ4n) is 3.92. The van der Waals surface area contributed by atoms with E-state index in [2.05, 4.69) is 15.6 Å². The highest BCUT2D eigenvalue weighted by Crippen LogP contribution is 2.31. The quantitative estimate of drug-likeness (QED) is 0.721. The van der Waals surface area contributed by atoms with E-state index in [4.69, 9.17) is 0 Å². The number of fused-ring (bicyclic) bond motifs is 1. The van der Waals surface area contributed by atoms with Crippen LogP contribution in [0.15, 0.2) is 42.5 Å². The van der Waals surface area contributed by atoms with E-state index in [9.17, 15) is 9.59 Å². The van der Waals surface area contributed by atoms with Gasteiger partial charge in [0.05, 0.1) is 18.1 Å². The maximum atomic E-state index is 12.8. The van der Waals surface area contributed by atoms with E-state index in [1.807, 2.05) is 41.9 Å². The van der Waals surface area contributed by atoms with Crippen LogP contribution in [0.4, 0.5) is 5.69 Å². The number of likely N-dealkylation sites (N-methyl/N-ethyl adjacent to an activating group) is 1. The Morgan fingerprint density at radius 1 is 1.17 bits per heavy atom. The Labute approximate surface area is 169 Å². The van der Waals surface area contributed by atoms with Crippen LogP contribution in [0.5, 0.6) is 0 Å². The number of hydrogen-bond donors (Lipinski definition) is 1. The van der Waals surface area contributed by atoms with Crippen LogP contribution in [0.1, 0.15) is 47.6 Å². The van der Waals surface area contributed by atoms with Gasteiger partial charge in [-0.2, -0.15) is 0 Å². The Kier molecular flexibility index (Phi) is 5.29. The molecular formula is C22H25N5O2. The second-order valence-electron chi connectivity index (χ2n) is 7.75. The van der Waals surface area contributed by atoms with Crippen LogP contribution >= 0.6 is 0 Å². The lowest BCUT2D eigenvalue weighted by atomic mass is 10.1. The summed E-state index contributed by atoms with van der Waals surface area (Å²) in [5, 5.41) is 11.4. The second kappa shape index (κ2) is 8.03. The van der Waals surface area contributed by atoms with Gasteiger partial charge in [-0.25, -0.2) is 4.68 Å². The minimum absolute atomic E-state index is 0.0282. The molecule has 1 saturated carbocycles. The lowest BCUT2D eigenvalue weighted by Gasteiger charge is -2.17. The zero-order chi connectivity index (χ0) is 20.4. The summed E-state index contributed by atoms with van der Waals surface area (Å²) in [6, 6.07) is 13.4. The highest BCUT2D eigenvalue weighted by Gasteiger charge is 2.21. The molecule has 1 heterocycles. The molecule has 0 aliphatic heterocycles. The fraction of sp³-hybridized carbons (Fsp3) is 0.364. The predicted octanol–water partition coefficient (Wildman–Crippen LogP) is 3.57. The van der Waals surface area contributed by atoms with Crippen molar-refractivity contribution in [3.8, 4) is 0 Å². The number of nitrogens with zero attached hydrogens (tertiary/aromatic N) is 4. The van der Waals surface area contributed by atoms with Gasteiger partial charge in [-0.3, -0.25) is 9.59 Å². The van der Waals surface area contributed by atoms with Gasteiger partial charge in [0.1, 0.15) is 5.52 Å². The molecule has 0 spiro atoms. The average molecular weight is 391 g/mol. The van der Waals surface area contributed by atoms with E-state index < -0.39 is 0 Å². The molecule has 1 aliphatic carbocycles. The van der Waals surface area contributed by atoms with E-state index in [-0.39, 0.29) is 18.4 Å². The molecule has 2 aromatic carbocycles. The van der Waals surface area contributed by atoms with Crippen molar-refractivity contribution < 1.29 is 9.59 Å². The number of nitrogens with one attached hydrogen (secondary N) is 1. The van der Waals surface area contributed by atoms with Gasteiger partial charge in [0.2, 0.25) is 5.91 Å². The first-order valence-electron chi connectivity index (χ1n) is 9.98. The molecule has 7 heteroatoms. The Hall–Kier alpha value is -3.22. The Morgan fingerprint density at radius 3 is 2.72 bits per heavy atom. The van der Waals surface area contributed by atoms with Crippen molar-refractivity contribution >= 4 is 28.5 Å². The number of anilines is 1. The van der Waals surface area contributed by atoms with Crippen LogP contribution in [0.25, 0.3) is 11.0 Å². The lowest BCUT2D eigenvalue weighted by molar-refractivity contribution is -0.116. The van der Waals surface area contributed by atoms with E-state index >= 15 is 0 Å². The predicted molar refractivity (Wildman–Crippen MR) is 112 cm³/mol. The molecule has 150 valence electrons. The van der Waals surface area contributed by atoms with Crippen LogP contribution in [0.3, 0.4) is 0 Å². The zero-order valence-corrected chi connectivity index (χ0v) is 16.8. The molecule has 1 aliphatic rings. The lowest BCUT2D eigenvalue weighted by Crippen LogP contribution is -2.34. The molecule has 7 nitrogen and oxygen atoms in total. The molecule has 0 bridgehead atoms. The number of aryl methyl sites for hydroxylation is 1. The third kappa shape index (κ3) is 4.13. The number of aromatic nitrogens is 3. The van der Waals surface area contributed by atoms with Gasteiger partial charge < -0.3 is 10.2 Å². The number of rotatable bonds is 5. The fourth-order valence-corrected chi connectivity index (χ4v) is 3.92. The standard InChI is InChI=1S/C22H25N5O2/c1-15-6-5-7-17(12-15)23-21(28)14-26(2)22(29)16-10-11-20-19(13-16)24-25-27(20)18-8-3-4-9-18/h5-7,10-13,18H,3-4,8-9,14H2,1-2H3,(H,23,28). The molecule has 1 fully saturated rings. The van der Waals surface area contributed by atoms with Crippen molar-refractivity contribution in [3.05, 3.63) is 53.6 Å². The topological polar surface area (TPSA) is 80.1 Å². The van der Waals surface area contributed by atoms with Gasteiger partial charge in [-0.1, -0.05) is 30.2 Å². The van der Waals surface area contributed by atoms with Crippen LogP contribution in [0, 0.1) is 6.92 Å². The molecule has 29 heavy (non-hydrogen) atoms. The highest BCUT2D eigenvalue weighted by molar-refractivity contribution is 6.00. The molecule has 3 aromatic rings. The summed E-state index contributed by atoms with van der Waals surface area (Å²) in [5.74, 6) is -0.457. The third-order valence-corrected chi connectivity index (χ3v) is 5.42. The first kappa shape index (κ1) is 19.1. The highest BCUT2D eigenvalue weighted by atomic mass is 16.2. The summed E-state index contributed by atoms with van der Waals surface area (Å²) in [7, 11) is 1.62. The first-order valence-corrected chi connectivity index (χ1v) is 9.98. The molecule has 0 radical (unpaired) electrons. The number of carbonyl (C=O) groups is 2. The van der Waals surface area contributed by atoms with Crippen LogP contribution in [-0.2, 0) is 4.79 Å². The van der Waals surface area contributed by atoms with Gasteiger partial charge >= 0.3 is 0 Å². The van der Waals surface area contributed by atoms with Gasteiger partial charge in [0.25, 0.3) is 5.91 Å². The third-order valence-electron chi connectivity index (χ3n) is 5.42. The largest absolute Gasteiger partial charge is 0.332 e.